The van der Waals surface area contributed by atoms with E-state index in [9.17, 15) is 14.7 Å². The summed E-state index contributed by atoms with van der Waals surface area (Å²) in [5.74, 6) is -0.467. The molecule has 0 aliphatic rings. The quantitative estimate of drug-likeness (QED) is 0.129. The summed E-state index contributed by atoms with van der Waals surface area (Å²) < 4.78 is 12.5. The second kappa shape index (κ2) is 12.1. The normalized spacial score (nSPS) is 12.6. The van der Waals surface area contributed by atoms with E-state index in [2.05, 4.69) is 27.9 Å². The van der Waals surface area contributed by atoms with E-state index in [1.807, 2.05) is 25.1 Å². The number of hydroxylamine groups is 1. The van der Waals surface area contributed by atoms with Crippen molar-refractivity contribution >= 4 is 40.3 Å². The van der Waals surface area contributed by atoms with Gasteiger partial charge in [0.05, 0.1) is 0 Å². The van der Waals surface area contributed by atoms with Gasteiger partial charge in [-0.2, -0.15) is 0 Å². The number of carbonyl (C=O) groups excluding carboxylic acids is 2. The number of aromatic hydroxyl groups is 1. The molecule has 0 spiro atoms. The zero-order valence-corrected chi connectivity index (χ0v) is 20.3. The molecule has 0 aliphatic heterocycles. The van der Waals surface area contributed by atoms with Gasteiger partial charge in [0.1, 0.15) is 11.5 Å². The van der Waals surface area contributed by atoms with E-state index in [1.54, 1.807) is 48.5 Å². The highest BCUT2D eigenvalue weighted by molar-refractivity contribution is 14.1. The predicted molar refractivity (Wildman–Crippen MR) is 135 cm³/mol. The molecule has 0 bridgehead atoms. The van der Waals surface area contributed by atoms with Crippen LogP contribution < -0.4 is 15.5 Å². The number of phenolic OH excluding ortho intramolecular Hbond substituents is 1. The highest BCUT2D eigenvalue weighted by atomic mass is 127. The van der Waals surface area contributed by atoms with Crippen LogP contribution in [0.1, 0.15) is 17.2 Å². The average molecular weight is 574 g/mol. The van der Waals surface area contributed by atoms with Gasteiger partial charge in [-0.15, -0.1) is 0 Å². The lowest BCUT2D eigenvalue weighted by molar-refractivity contribution is -0.124. The van der Waals surface area contributed by atoms with E-state index >= 15 is 0 Å². The van der Waals surface area contributed by atoms with E-state index in [0.29, 0.717) is 11.4 Å². The van der Waals surface area contributed by atoms with Crippen LogP contribution in [0.4, 0.5) is 10.5 Å². The SMILES string of the molecule is Cc1ccc(NC(=O)O[C@@H](c2cc(I)ccc2O)[C@H](/C=C/C(=O)NO)Oc2ccccc2)cc1. The van der Waals surface area contributed by atoms with Crippen molar-refractivity contribution in [1.82, 2.24) is 5.48 Å². The molecule has 0 saturated carbocycles. The Morgan fingerprint density at radius 2 is 1.74 bits per heavy atom. The molecule has 34 heavy (non-hydrogen) atoms. The Kier molecular flexibility index (Phi) is 8.88. The maximum absolute atomic E-state index is 12.8. The van der Waals surface area contributed by atoms with E-state index < -0.39 is 24.2 Å². The molecule has 9 heteroatoms. The fraction of sp³-hybridized carbons (Fsp3) is 0.120. The van der Waals surface area contributed by atoms with Gasteiger partial charge in [-0.3, -0.25) is 15.3 Å². The first-order valence-electron chi connectivity index (χ1n) is 10.2. The Morgan fingerprint density at radius 1 is 1.03 bits per heavy atom. The minimum atomic E-state index is -1.15. The first-order chi connectivity index (χ1) is 16.4. The van der Waals surface area contributed by atoms with Crippen LogP contribution in [0.5, 0.6) is 11.5 Å². The van der Waals surface area contributed by atoms with Gasteiger partial charge in [-0.1, -0.05) is 35.9 Å². The molecule has 2 atom stereocenters. The van der Waals surface area contributed by atoms with Gasteiger partial charge in [0.15, 0.2) is 12.2 Å². The third-order valence-corrected chi connectivity index (χ3v) is 5.36. The Hall–Kier alpha value is -3.57. The number of hydrogen-bond acceptors (Lipinski definition) is 6. The molecule has 3 rings (SSSR count). The van der Waals surface area contributed by atoms with Crippen LogP contribution in [0.3, 0.4) is 0 Å². The maximum atomic E-state index is 12.8. The molecule has 2 amide bonds. The van der Waals surface area contributed by atoms with E-state index in [1.165, 1.54) is 17.6 Å². The van der Waals surface area contributed by atoms with Crippen molar-refractivity contribution in [1.29, 1.82) is 0 Å². The number of carbonyl (C=O) groups is 2. The van der Waals surface area contributed by atoms with Gasteiger partial charge in [-0.25, -0.2) is 10.3 Å². The fourth-order valence-electron chi connectivity index (χ4n) is 3.04. The summed E-state index contributed by atoms with van der Waals surface area (Å²) in [6.45, 7) is 1.93. The van der Waals surface area contributed by atoms with Gasteiger partial charge in [0.2, 0.25) is 0 Å². The molecular formula is C25H23IN2O6. The van der Waals surface area contributed by atoms with Crippen LogP contribution in [0.25, 0.3) is 0 Å². The summed E-state index contributed by atoms with van der Waals surface area (Å²) in [5.41, 5.74) is 3.34. The van der Waals surface area contributed by atoms with E-state index in [4.69, 9.17) is 14.7 Å². The second-order valence-corrected chi connectivity index (χ2v) is 8.50. The fourth-order valence-corrected chi connectivity index (χ4v) is 3.55. The summed E-state index contributed by atoms with van der Waals surface area (Å²) in [6.07, 6.45) is -0.585. The minimum Gasteiger partial charge on any atom is -0.508 e. The van der Waals surface area contributed by atoms with Crippen molar-refractivity contribution in [3.05, 3.63) is 99.6 Å². The summed E-state index contributed by atoms with van der Waals surface area (Å²) >= 11 is 2.07. The van der Waals surface area contributed by atoms with Crippen molar-refractivity contribution in [3.63, 3.8) is 0 Å². The molecule has 8 nitrogen and oxygen atoms in total. The first-order valence-corrected chi connectivity index (χ1v) is 11.3. The molecule has 0 aliphatic carbocycles. The molecule has 0 heterocycles. The van der Waals surface area contributed by atoms with Crippen LogP contribution in [0.2, 0.25) is 0 Å². The Morgan fingerprint density at radius 3 is 2.41 bits per heavy atom. The molecule has 3 aromatic carbocycles. The van der Waals surface area contributed by atoms with E-state index in [-0.39, 0.29) is 11.3 Å². The zero-order valence-electron chi connectivity index (χ0n) is 18.1. The standard InChI is InChI=1S/C25H23IN2O6/c1-16-7-10-18(11-8-16)27-25(31)34-24(20-15-17(26)9-12-21(20)29)22(13-14-23(30)28-32)33-19-5-3-2-4-6-19/h2-15,22,24,29,32H,1H3,(H,27,31)(H,28,30)/b14-13+/t22-,24-/m0/s1. The lowest BCUT2D eigenvalue weighted by atomic mass is 10.0. The lowest BCUT2D eigenvalue weighted by Crippen LogP contribution is -2.30. The number of aryl methyl sites for hydroxylation is 1. The minimum absolute atomic E-state index is 0.116. The zero-order chi connectivity index (χ0) is 24.5. The first kappa shape index (κ1) is 25.1. The molecule has 0 saturated heterocycles. The van der Waals surface area contributed by atoms with Crippen molar-refractivity contribution < 1.29 is 29.4 Å². The number of para-hydroxylation sites is 1. The number of anilines is 1. The van der Waals surface area contributed by atoms with Crippen LogP contribution in [-0.2, 0) is 9.53 Å². The maximum Gasteiger partial charge on any atom is 0.412 e. The van der Waals surface area contributed by atoms with Crippen molar-refractivity contribution in [2.24, 2.45) is 0 Å². The van der Waals surface area contributed by atoms with Crippen LogP contribution in [0.15, 0.2) is 84.9 Å². The van der Waals surface area contributed by atoms with Gasteiger partial charge < -0.3 is 14.6 Å². The topological polar surface area (TPSA) is 117 Å². The largest absolute Gasteiger partial charge is 0.508 e. The number of hydrogen-bond donors (Lipinski definition) is 4. The van der Waals surface area contributed by atoms with Crippen molar-refractivity contribution in [2.45, 2.75) is 19.1 Å². The molecule has 176 valence electrons. The Labute approximate surface area is 210 Å². The molecule has 4 N–H and O–H groups in total. The monoisotopic (exact) mass is 574 g/mol. The molecular weight excluding hydrogens is 551 g/mol. The predicted octanol–water partition coefficient (Wildman–Crippen LogP) is 5.10. The summed E-state index contributed by atoms with van der Waals surface area (Å²) in [7, 11) is 0. The average Bonchev–Trinajstić information content (AvgIpc) is 2.84. The number of ether oxygens (including phenoxy) is 2. The molecule has 0 aromatic heterocycles. The van der Waals surface area contributed by atoms with Crippen LogP contribution in [-0.4, -0.2) is 28.4 Å². The second-order valence-electron chi connectivity index (χ2n) is 7.25. The molecule has 0 unspecified atom stereocenters. The molecule has 0 radical (unpaired) electrons. The number of halogens is 1. The Balaban J connectivity index is 1.97. The van der Waals surface area contributed by atoms with Gasteiger partial charge in [0, 0.05) is 20.9 Å². The summed E-state index contributed by atoms with van der Waals surface area (Å²) in [4.78, 5) is 24.5. The molecule has 3 aromatic rings. The van der Waals surface area contributed by atoms with Crippen molar-refractivity contribution in [3.8, 4) is 11.5 Å². The third-order valence-electron chi connectivity index (χ3n) is 4.69. The number of rotatable bonds is 8. The highest BCUT2D eigenvalue weighted by Gasteiger charge is 2.30. The van der Waals surface area contributed by atoms with Crippen LogP contribution in [0, 0.1) is 10.5 Å². The number of phenols is 1. The smallest absolute Gasteiger partial charge is 0.412 e. The van der Waals surface area contributed by atoms with Gasteiger partial charge in [0.25, 0.3) is 5.91 Å². The number of amides is 2. The lowest BCUT2D eigenvalue weighted by Gasteiger charge is -2.27. The van der Waals surface area contributed by atoms with Crippen LogP contribution >= 0.6 is 22.6 Å². The third kappa shape index (κ3) is 7.22. The number of nitrogens with one attached hydrogen (secondary N) is 2. The Bertz CT molecular complexity index is 1150. The van der Waals surface area contributed by atoms with Gasteiger partial charge >= 0.3 is 6.09 Å². The van der Waals surface area contributed by atoms with Gasteiger partial charge in [-0.05, 0) is 78.1 Å². The molecule has 0 fully saturated rings. The summed E-state index contributed by atoms with van der Waals surface area (Å²) in [5, 5.41) is 22.1. The number of benzene rings is 3. The van der Waals surface area contributed by atoms with Crippen molar-refractivity contribution in [2.75, 3.05) is 5.32 Å². The summed E-state index contributed by atoms with van der Waals surface area (Å²) in [6, 6.07) is 20.7. The highest BCUT2D eigenvalue weighted by Crippen LogP contribution is 2.34. The van der Waals surface area contributed by atoms with E-state index in [0.717, 1.165) is 15.2 Å².